The predicted octanol–water partition coefficient (Wildman–Crippen LogP) is 3.42. The zero-order chi connectivity index (χ0) is 15.2. The van der Waals surface area contributed by atoms with Crippen molar-refractivity contribution in [2.75, 3.05) is 36.2 Å². The molecule has 112 valence electrons. The van der Waals surface area contributed by atoms with Crippen LogP contribution in [0.15, 0.2) is 30.5 Å². The van der Waals surface area contributed by atoms with Crippen molar-refractivity contribution in [3.8, 4) is 0 Å². The summed E-state index contributed by atoms with van der Waals surface area (Å²) >= 11 is 0. The largest absolute Gasteiger partial charge is 0.377 e. The van der Waals surface area contributed by atoms with Crippen molar-refractivity contribution in [1.29, 1.82) is 0 Å². The van der Waals surface area contributed by atoms with Gasteiger partial charge >= 0.3 is 0 Å². The van der Waals surface area contributed by atoms with Crippen LogP contribution in [-0.2, 0) is 0 Å². The van der Waals surface area contributed by atoms with Gasteiger partial charge in [0.2, 0.25) is 5.95 Å². The molecule has 1 aromatic heterocycles. The second kappa shape index (κ2) is 6.92. The topological polar surface area (TPSA) is 53.1 Å². The maximum absolute atomic E-state index is 4.46. The van der Waals surface area contributed by atoms with Gasteiger partial charge in [0.15, 0.2) is 0 Å². The van der Waals surface area contributed by atoms with Crippen LogP contribution in [0.4, 0.5) is 23.1 Å². The predicted molar refractivity (Wildman–Crippen MR) is 89.6 cm³/mol. The van der Waals surface area contributed by atoms with Gasteiger partial charge < -0.3 is 15.5 Å². The fraction of sp³-hybridized carbons (Fsp3) is 0.375. The molecule has 21 heavy (non-hydrogen) atoms. The van der Waals surface area contributed by atoms with E-state index in [0.29, 0.717) is 5.95 Å². The normalized spacial score (nSPS) is 10.3. The first-order valence-electron chi connectivity index (χ1n) is 7.22. The van der Waals surface area contributed by atoms with E-state index < -0.39 is 0 Å². The molecule has 0 amide bonds. The van der Waals surface area contributed by atoms with Crippen LogP contribution in [0, 0.1) is 6.92 Å². The third kappa shape index (κ3) is 4.08. The molecule has 0 saturated carbocycles. The highest BCUT2D eigenvalue weighted by Crippen LogP contribution is 2.24. The van der Waals surface area contributed by atoms with Gasteiger partial charge in [-0.25, -0.2) is 4.98 Å². The highest BCUT2D eigenvalue weighted by Gasteiger charge is 2.04. The molecule has 5 heteroatoms. The maximum atomic E-state index is 4.46. The van der Waals surface area contributed by atoms with E-state index in [2.05, 4.69) is 57.5 Å². The molecule has 0 aliphatic rings. The fourth-order valence-electron chi connectivity index (χ4n) is 2.07. The third-order valence-electron chi connectivity index (χ3n) is 3.15. The molecule has 2 N–H and O–H groups in total. The van der Waals surface area contributed by atoms with Crippen molar-refractivity contribution in [3.63, 3.8) is 0 Å². The average molecular weight is 285 g/mol. The highest BCUT2D eigenvalue weighted by atomic mass is 15.1. The molecule has 1 aromatic carbocycles. The van der Waals surface area contributed by atoms with E-state index in [-0.39, 0.29) is 0 Å². The minimum Gasteiger partial charge on any atom is -0.377 e. The number of benzene rings is 1. The van der Waals surface area contributed by atoms with Gasteiger partial charge in [-0.05, 0) is 37.1 Å². The molecule has 0 spiro atoms. The van der Waals surface area contributed by atoms with Crippen molar-refractivity contribution in [1.82, 2.24) is 9.97 Å². The van der Waals surface area contributed by atoms with Crippen molar-refractivity contribution in [2.45, 2.75) is 20.3 Å². The van der Waals surface area contributed by atoms with Crippen LogP contribution in [0.2, 0.25) is 0 Å². The number of nitrogens with zero attached hydrogens (tertiary/aromatic N) is 3. The Kier molecular flexibility index (Phi) is 4.98. The lowest BCUT2D eigenvalue weighted by Gasteiger charge is -2.17. The Balaban J connectivity index is 2.16. The minimum absolute atomic E-state index is 0.654. The summed E-state index contributed by atoms with van der Waals surface area (Å²) < 4.78 is 0. The summed E-state index contributed by atoms with van der Waals surface area (Å²) in [5, 5.41) is 6.51. The average Bonchev–Trinajstić information content (AvgIpc) is 2.47. The molecule has 2 rings (SSSR count). The van der Waals surface area contributed by atoms with Crippen LogP contribution in [-0.4, -0.2) is 30.6 Å². The molecule has 0 fully saturated rings. The van der Waals surface area contributed by atoms with Gasteiger partial charge in [0.25, 0.3) is 0 Å². The van der Waals surface area contributed by atoms with Crippen molar-refractivity contribution in [2.24, 2.45) is 0 Å². The highest BCUT2D eigenvalue weighted by molar-refractivity contribution is 5.66. The standard InChI is InChI=1S/C16H23N5/c1-5-9-17-16-18-10-8-15(20-16)19-13-7-6-12(2)14(11-13)21(3)4/h6-8,10-11H,5,9H2,1-4H3,(H2,17,18,19,20). The molecule has 0 aliphatic heterocycles. The third-order valence-corrected chi connectivity index (χ3v) is 3.15. The monoisotopic (exact) mass is 285 g/mol. The van der Waals surface area contributed by atoms with Crippen molar-refractivity contribution < 1.29 is 0 Å². The van der Waals surface area contributed by atoms with E-state index in [4.69, 9.17) is 0 Å². The second-order valence-corrected chi connectivity index (χ2v) is 5.21. The number of rotatable bonds is 6. The summed E-state index contributed by atoms with van der Waals surface area (Å²) in [7, 11) is 4.09. The molecule has 0 atom stereocenters. The first-order chi connectivity index (χ1) is 10.1. The van der Waals surface area contributed by atoms with Gasteiger partial charge in [-0.3, -0.25) is 0 Å². The second-order valence-electron chi connectivity index (χ2n) is 5.21. The van der Waals surface area contributed by atoms with Crippen LogP contribution in [0.3, 0.4) is 0 Å². The van der Waals surface area contributed by atoms with Crippen molar-refractivity contribution >= 4 is 23.1 Å². The van der Waals surface area contributed by atoms with Gasteiger partial charge in [-0.2, -0.15) is 4.98 Å². The Bertz CT molecular complexity index is 595. The molecule has 0 saturated heterocycles. The van der Waals surface area contributed by atoms with Crippen molar-refractivity contribution in [3.05, 3.63) is 36.0 Å². The van der Waals surface area contributed by atoms with Gasteiger partial charge in [-0.15, -0.1) is 0 Å². The Morgan fingerprint density at radius 2 is 2.00 bits per heavy atom. The summed E-state index contributed by atoms with van der Waals surface area (Å²) in [6.45, 7) is 5.10. The van der Waals surface area contributed by atoms with E-state index in [1.807, 2.05) is 20.2 Å². The zero-order valence-electron chi connectivity index (χ0n) is 13.1. The van der Waals surface area contributed by atoms with Crippen LogP contribution >= 0.6 is 0 Å². The summed E-state index contributed by atoms with van der Waals surface area (Å²) in [5.41, 5.74) is 3.46. The van der Waals surface area contributed by atoms with E-state index in [1.165, 1.54) is 11.3 Å². The first kappa shape index (κ1) is 15.1. The summed E-state index contributed by atoms with van der Waals surface area (Å²) in [6.07, 6.45) is 2.81. The summed E-state index contributed by atoms with van der Waals surface area (Å²) in [4.78, 5) is 10.8. The number of anilines is 4. The van der Waals surface area contributed by atoms with Crippen LogP contribution in [0.1, 0.15) is 18.9 Å². The van der Waals surface area contributed by atoms with Crippen LogP contribution in [0.5, 0.6) is 0 Å². The fourth-order valence-corrected chi connectivity index (χ4v) is 2.07. The molecule has 0 unspecified atom stereocenters. The molecule has 2 aromatic rings. The molecule has 0 bridgehead atoms. The Morgan fingerprint density at radius 1 is 1.19 bits per heavy atom. The van der Waals surface area contributed by atoms with Gasteiger partial charge in [0.05, 0.1) is 0 Å². The molecule has 1 heterocycles. The number of aromatic nitrogens is 2. The SMILES string of the molecule is CCCNc1nccc(Nc2ccc(C)c(N(C)C)c2)n1. The Labute approximate surface area is 126 Å². The zero-order valence-corrected chi connectivity index (χ0v) is 13.1. The van der Waals surface area contributed by atoms with Crippen LogP contribution < -0.4 is 15.5 Å². The Morgan fingerprint density at radius 3 is 2.71 bits per heavy atom. The number of hydrogen-bond donors (Lipinski definition) is 2. The van der Waals surface area contributed by atoms with Crippen LogP contribution in [0.25, 0.3) is 0 Å². The Hall–Kier alpha value is -2.30. The number of hydrogen-bond acceptors (Lipinski definition) is 5. The lowest BCUT2D eigenvalue weighted by atomic mass is 10.1. The van der Waals surface area contributed by atoms with Gasteiger partial charge in [-0.1, -0.05) is 13.0 Å². The summed E-state index contributed by atoms with van der Waals surface area (Å²) in [6, 6.07) is 8.15. The quantitative estimate of drug-likeness (QED) is 0.851. The van der Waals surface area contributed by atoms with Gasteiger partial charge in [0.1, 0.15) is 5.82 Å². The molecular weight excluding hydrogens is 262 g/mol. The lowest BCUT2D eigenvalue weighted by Crippen LogP contribution is -2.10. The summed E-state index contributed by atoms with van der Waals surface area (Å²) in [5.74, 6) is 1.44. The van der Waals surface area contributed by atoms with E-state index >= 15 is 0 Å². The molecule has 0 radical (unpaired) electrons. The smallest absolute Gasteiger partial charge is 0.224 e. The minimum atomic E-state index is 0.654. The maximum Gasteiger partial charge on any atom is 0.224 e. The lowest BCUT2D eigenvalue weighted by molar-refractivity contribution is 0.953. The number of nitrogens with one attached hydrogen (secondary N) is 2. The van der Waals surface area contributed by atoms with E-state index in [1.54, 1.807) is 6.20 Å². The first-order valence-corrected chi connectivity index (χ1v) is 7.22. The molecule has 0 aliphatic carbocycles. The van der Waals surface area contributed by atoms with E-state index in [9.17, 15) is 0 Å². The molecular formula is C16H23N5. The van der Waals surface area contributed by atoms with E-state index in [0.717, 1.165) is 24.5 Å². The number of aryl methyl sites for hydroxylation is 1. The van der Waals surface area contributed by atoms with Gasteiger partial charge in [0, 0.05) is 38.2 Å². The molecule has 5 nitrogen and oxygen atoms in total.